The predicted octanol–water partition coefficient (Wildman–Crippen LogP) is 2.08. The molecule has 0 fully saturated rings. The quantitative estimate of drug-likeness (QED) is 0.706. The molecule has 0 aliphatic heterocycles. The lowest BCUT2D eigenvalue weighted by molar-refractivity contribution is 0.542. The van der Waals surface area contributed by atoms with Crippen molar-refractivity contribution in [1.82, 2.24) is 0 Å². The summed E-state index contributed by atoms with van der Waals surface area (Å²) in [7, 11) is 0. The molecule has 0 aromatic heterocycles. The van der Waals surface area contributed by atoms with Gasteiger partial charge in [-0.25, -0.2) is 8.78 Å². The maximum absolute atomic E-state index is 13.5. The van der Waals surface area contributed by atoms with E-state index in [1.807, 2.05) is 20.8 Å². The van der Waals surface area contributed by atoms with Crippen LogP contribution in [0.3, 0.4) is 0 Å². The van der Waals surface area contributed by atoms with Crippen molar-refractivity contribution in [3.63, 3.8) is 0 Å². The van der Waals surface area contributed by atoms with Gasteiger partial charge in [0.1, 0.15) is 11.6 Å². The number of rotatable bonds is 1. The molecule has 0 aliphatic rings. The summed E-state index contributed by atoms with van der Waals surface area (Å²) >= 11 is 0. The van der Waals surface area contributed by atoms with E-state index < -0.39 is 18.6 Å². The molecular weight excluding hydrogens is 197 g/mol. The average Bonchev–Trinajstić information content (AvgIpc) is 1.99. The summed E-state index contributed by atoms with van der Waals surface area (Å²) in [6, 6.07) is 2.57. The molecule has 1 N–H and O–H groups in total. The Kier molecular flexibility index (Phi) is 3.19. The van der Waals surface area contributed by atoms with Gasteiger partial charge >= 0.3 is 6.92 Å². The molecule has 0 radical (unpaired) electrons. The third-order valence-corrected chi connectivity index (χ3v) is 2.36. The third-order valence-electron chi connectivity index (χ3n) is 2.36. The summed E-state index contributed by atoms with van der Waals surface area (Å²) in [6.45, 7) is 5.85. The molecule has 0 heterocycles. The fourth-order valence-electron chi connectivity index (χ4n) is 1.42. The number of benzene rings is 1. The van der Waals surface area contributed by atoms with Crippen molar-refractivity contribution in [3.05, 3.63) is 29.3 Å². The Bertz CT molecular complexity index is 346. The molecule has 1 aromatic rings. The normalized spacial score (nSPS) is 11.7. The summed E-state index contributed by atoms with van der Waals surface area (Å²) in [5.74, 6) is -1.37. The van der Waals surface area contributed by atoms with Gasteiger partial charge in [0.05, 0.1) is 0 Å². The van der Waals surface area contributed by atoms with Crippen molar-refractivity contribution in [2.45, 2.75) is 33.0 Å². The third kappa shape index (κ3) is 2.56. The molecule has 4 heteroatoms. The smallest absolute Gasteiger partial charge is 0.326 e. The highest BCUT2D eigenvalue weighted by molar-refractivity contribution is 6.64. The molecule has 0 amide bonds. The summed E-state index contributed by atoms with van der Waals surface area (Å²) in [5, 5.41) is 9.20. The lowest BCUT2D eigenvalue weighted by Gasteiger charge is -2.20. The van der Waals surface area contributed by atoms with Crippen LogP contribution < -0.4 is 5.46 Å². The predicted molar refractivity (Wildman–Crippen MR) is 58.5 cm³/mol. The highest BCUT2D eigenvalue weighted by atomic mass is 19.1. The molecule has 0 spiro atoms. The summed E-state index contributed by atoms with van der Waals surface area (Å²) < 4.78 is 27.0. The molecular formula is C11H15BF2O. The van der Waals surface area contributed by atoms with E-state index in [0.717, 1.165) is 0 Å². The molecule has 1 rings (SSSR count). The average molecular weight is 212 g/mol. The Balaban J connectivity index is 3.32. The highest BCUT2D eigenvalue weighted by Gasteiger charge is 2.22. The van der Waals surface area contributed by atoms with Crippen LogP contribution in [-0.2, 0) is 5.41 Å². The first-order chi connectivity index (χ1) is 6.73. The molecule has 0 atom stereocenters. The van der Waals surface area contributed by atoms with Crippen LogP contribution in [0.4, 0.5) is 8.78 Å². The van der Waals surface area contributed by atoms with E-state index in [-0.39, 0.29) is 10.9 Å². The van der Waals surface area contributed by atoms with Crippen molar-refractivity contribution in [1.29, 1.82) is 0 Å². The van der Waals surface area contributed by atoms with E-state index >= 15 is 0 Å². The van der Waals surface area contributed by atoms with Crippen LogP contribution in [0.2, 0.25) is 6.82 Å². The van der Waals surface area contributed by atoms with E-state index in [1.54, 1.807) is 0 Å². The van der Waals surface area contributed by atoms with Gasteiger partial charge in [0, 0.05) is 5.46 Å². The highest BCUT2D eigenvalue weighted by Crippen LogP contribution is 2.23. The second kappa shape index (κ2) is 3.93. The van der Waals surface area contributed by atoms with Crippen LogP contribution in [-0.4, -0.2) is 11.9 Å². The van der Waals surface area contributed by atoms with Crippen molar-refractivity contribution in [2.75, 3.05) is 0 Å². The van der Waals surface area contributed by atoms with Gasteiger partial charge in [-0.1, -0.05) is 27.6 Å². The van der Waals surface area contributed by atoms with Gasteiger partial charge in [0.2, 0.25) is 0 Å². The minimum atomic E-state index is -1.13. The van der Waals surface area contributed by atoms with Gasteiger partial charge < -0.3 is 5.02 Å². The first-order valence-electron chi connectivity index (χ1n) is 4.91. The van der Waals surface area contributed by atoms with Gasteiger partial charge in [-0.15, -0.1) is 0 Å². The summed E-state index contributed by atoms with van der Waals surface area (Å²) in [4.78, 5) is 0. The molecule has 15 heavy (non-hydrogen) atoms. The van der Waals surface area contributed by atoms with E-state index in [2.05, 4.69) is 0 Å². The van der Waals surface area contributed by atoms with Gasteiger partial charge in [0.25, 0.3) is 0 Å². The van der Waals surface area contributed by atoms with Crippen molar-refractivity contribution in [2.24, 2.45) is 0 Å². The monoisotopic (exact) mass is 212 g/mol. The molecule has 0 unspecified atom stereocenters. The summed E-state index contributed by atoms with van der Waals surface area (Å²) in [6.07, 6.45) is 0. The SMILES string of the molecule is CB(O)c1c(F)cc(C(C)(C)C)cc1F. The molecule has 0 bridgehead atoms. The standard InChI is InChI=1S/C11H15BF2O/c1-11(2,3)7-5-8(13)10(12(4)15)9(14)6-7/h5-6,15H,1-4H3. The van der Waals surface area contributed by atoms with Gasteiger partial charge in [-0.2, -0.15) is 0 Å². The lowest BCUT2D eigenvalue weighted by atomic mass is 9.63. The van der Waals surface area contributed by atoms with Gasteiger partial charge in [-0.3, -0.25) is 0 Å². The number of hydrogen-bond acceptors (Lipinski definition) is 1. The van der Waals surface area contributed by atoms with Crippen molar-refractivity contribution in [3.8, 4) is 0 Å². The maximum atomic E-state index is 13.5. The van der Waals surface area contributed by atoms with E-state index in [9.17, 15) is 13.8 Å². The minimum Gasteiger partial charge on any atom is -0.446 e. The zero-order chi connectivity index (χ0) is 11.8. The molecule has 0 saturated heterocycles. The lowest BCUT2D eigenvalue weighted by Crippen LogP contribution is -2.33. The van der Waals surface area contributed by atoms with Crippen LogP contribution in [0, 0.1) is 11.6 Å². The first-order valence-corrected chi connectivity index (χ1v) is 4.91. The van der Waals surface area contributed by atoms with Crippen molar-refractivity contribution >= 4 is 12.4 Å². The second-order valence-corrected chi connectivity index (χ2v) is 4.78. The Hall–Kier alpha value is -0.895. The second-order valence-electron chi connectivity index (χ2n) is 4.78. The molecule has 1 nitrogen and oxygen atoms in total. The van der Waals surface area contributed by atoms with Crippen LogP contribution >= 0.6 is 0 Å². The first kappa shape index (κ1) is 12.2. The largest absolute Gasteiger partial charge is 0.446 e. The van der Waals surface area contributed by atoms with E-state index in [4.69, 9.17) is 0 Å². The zero-order valence-corrected chi connectivity index (χ0v) is 9.44. The van der Waals surface area contributed by atoms with Crippen LogP contribution in [0.25, 0.3) is 0 Å². The summed E-state index contributed by atoms with van der Waals surface area (Å²) in [5.41, 5.74) is 0.0173. The van der Waals surface area contributed by atoms with Crippen molar-refractivity contribution < 1.29 is 13.8 Å². The zero-order valence-electron chi connectivity index (χ0n) is 9.44. The molecule has 82 valence electrons. The Morgan fingerprint density at radius 2 is 1.53 bits per heavy atom. The Morgan fingerprint density at radius 3 is 1.80 bits per heavy atom. The number of halogens is 2. The van der Waals surface area contributed by atoms with Crippen LogP contribution in [0.1, 0.15) is 26.3 Å². The fourth-order valence-corrected chi connectivity index (χ4v) is 1.42. The van der Waals surface area contributed by atoms with Crippen LogP contribution in [0.5, 0.6) is 0 Å². The van der Waals surface area contributed by atoms with E-state index in [1.165, 1.54) is 19.0 Å². The topological polar surface area (TPSA) is 20.2 Å². The molecule has 1 aromatic carbocycles. The van der Waals surface area contributed by atoms with Crippen LogP contribution in [0.15, 0.2) is 12.1 Å². The fraction of sp³-hybridized carbons (Fsp3) is 0.455. The molecule has 0 aliphatic carbocycles. The molecule has 0 saturated carbocycles. The minimum absolute atomic E-state index is 0.261. The van der Waals surface area contributed by atoms with Gasteiger partial charge in [-0.05, 0) is 23.1 Å². The Morgan fingerprint density at radius 1 is 1.13 bits per heavy atom. The van der Waals surface area contributed by atoms with Gasteiger partial charge in [0.15, 0.2) is 0 Å². The Labute approximate surface area is 89.2 Å². The number of hydrogen-bond donors (Lipinski definition) is 1. The van der Waals surface area contributed by atoms with E-state index in [0.29, 0.717) is 5.56 Å². The maximum Gasteiger partial charge on any atom is 0.326 e.